The fourth-order valence-electron chi connectivity index (χ4n) is 2.15. The Morgan fingerprint density at radius 1 is 1.45 bits per heavy atom. The summed E-state index contributed by atoms with van der Waals surface area (Å²) in [6.45, 7) is 0.652. The van der Waals surface area contributed by atoms with E-state index in [-0.39, 0.29) is 6.10 Å². The van der Waals surface area contributed by atoms with Crippen molar-refractivity contribution in [3.8, 4) is 11.6 Å². The van der Waals surface area contributed by atoms with E-state index in [0.29, 0.717) is 18.4 Å². The Hall–Kier alpha value is -1.82. The molecule has 1 unspecified atom stereocenters. The van der Waals surface area contributed by atoms with Crippen molar-refractivity contribution in [3.05, 3.63) is 40.5 Å². The lowest BCUT2D eigenvalue weighted by atomic mass is 10.1. The Morgan fingerprint density at radius 3 is 3.10 bits per heavy atom. The lowest BCUT2D eigenvalue weighted by Gasteiger charge is -2.12. The Morgan fingerprint density at radius 2 is 2.30 bits per heavy atom. The Labute approximate surface area is 125 Å². The molecule has 104 valence electrons. The number of aromatic nitrogens is 2. The number of halogens is 1. The number of benzene rings is 1. The summed E-state index contributed by atoms with van der Waals surface area (Å²) in [7, 11) is 1.58. The molecule has 0 fully saturated rings. The number of nitrogens with zero attached hydrogens (tertiary/aromatic N) is 2. The zero-order valence-electron chi connectivity index (χ0n) is 11.0. The molecule has 3 rings (SSSR count). The van der Waals surface area contributed by atoms with Gasteiger partial charge in [-0.1, -0.05) is 18.2 Å². The highest BCUT2D eigenvalue weighted by Crippen LogP contribution is 2.28. The minimum atomic E-state index is 0.102. The monoisotopic (exact) mass is 335 g/mol. The molecule has 20 heavy (non-hydrogen) atoms. The second-order valence-corrected chi connectivity index (χ2v) is 5.34. The van der Waals surface area contributed by atoms with Crippen LogP contribution in [-0.4, -0.2) is 29.7 Å². The molecule has 2 heterocycles. The van der Waals surface area contributed by atoms with Gasteiger partial charge in [-0.05, 0) is 27.6 Å². The van der Waals surface area contributed by atoms with Crippen molar-refractivity contribution in [2.75, 3.05) is 19.0 Å². The van der Waals surface area contributed by atoms with Gasteiger partial charge in [0.15, 0.2) is 0 Å². The predicted octanol–water partition coefficient (Wildman–Crippen LogP) is 2.66. The summed E-state index contributed by atoms with van der Waals surface area (Å²) in [6, 6.07) is 8.10. The molecule has 1 aliphatic rings. The molecule has 0 saturated heterocycles. The van der Waals surface area contributed by atoms with Crippen LogP contribution >= 0.6 is 15.9 Å². The number of anilines is 1. The number of para-hydroxylation sites is 1. The summed E-state index contributed by atoms with van der Waals surface area (Å²) >= 11 is 3.32. The molecule has 1 aromatic heterocycles. The number of fused-ring (bicyclic) bond motifs is 1. The van der Waals surface area contributed by atoms with E-state index in [4.69, 9.17) is 9.47 Å². The molecule has 1 aliphatic heterocycles. The predicted molar refractivity (Wildman–Crippen MR) is 79.3 cm³/mol. The van der Waals surface area contributed by atoms with Gasteiger partial charge in [-0.15, -0.1) is 0 Å². The summed E-state index contributed by atoms with van der Waals surface area (Å²) in [5.74, 6) is 2.01. The number of hydrogen-bond acceptors (Lipinski definition) is 5. The minimum Gasteiger partial charge on any atom is -0.488 e. The quantitative estimate of drug-likeness (QED) is 0.930. The molecule has 0 saturated carbocycles. The molecule has 0 radical (unpaired) electrons. The van der Waals surface area contributed by atoms with Crippen LogP contribution in [0.3, 0.4) is 0 Å². The summed E-state index contributed by atoms with van der Waals surface area (Å²) < 4.78 is 11.7. The van der Waals surface area contributed by atoms with Gasteiger partial charge < -0.3 is 14.8 Å². The van der Waals surface area contributed by atoms with Gasteiger partial charge in [-0.25, -0.2) is 4.98 Å². The van der Waals surface area contributed by atoms with Gasteiger partial charge in [0, 0.05) is 6.42 Å². The first-order valence-electron chi connectivity index (χ1n) is 6.31. The molecule has 0 amide bonds. The zero-order valence-corrected chi connectivity index (χ0v) is 12.6. The van der Waals surface area contributed by atoms with E-state index in [9.17, 15) is 0 Å². The van der Waals surface area contributed by atoms with Crippen LogP contribution in [0.25, 0.3) is 0 Å². The Balaban J connectivity index is 1.61. The van der Waals surface area contributed by atoms with E-state index >= 15 is 0 Å². The summed E-state index contributed by atoms with van der Waals surface area (Å²) in [5, 5.41) is 3.18. The molecule has 6 heteroatoms. The molecule has 1 aromatic carbocycles. The molecule has 0 spiro atoms. The highest BCUT2D eigenvalue weighted by atomic mass is 79.9. The van der Waals surface area contributed by atoms with E-state index in [1.807, 2.05) is 18.2 Å². The fraction of sp³-hybridized carbons (Fsp3) is 0.286. The number of ether oxygens (including phenoxy) is 2. The van der Waals surface area contributed by atoms with Crippen LogP contribution in [0.5, 0.6) is 11.6 Å². The topological polar surface area (TPSA) is 56.3 Å². The average Bonchev–Trinajstić information content (AvgIpc) is 2.89. The first-order valence-corrected chi connectivity index (χ1v) is 7.10. The van der Waals surface area contributed by atoms with Gasteiger partial charge >= 0.3 is 0 Å². The highest BCUT2D eigenvalue weighted by molar-refractivity contribution is 9.10. The summed E-state index contributed by atoms with van der Waals surface area (Å²) in [6.07, 6.45) is 2.67. The van der Waals surface area contributed by atoms with Crippen molar-refractivity contribution < 1.29 is 9.47 Å². The summed E-state index contributed by atoms with van der Waals surface area (Å²) in [5.41, 5.74) is 1.24. The largest absolute Gasteiger partial charge is 0.488 e. The van der Waals surface area contributed by atoms with Gasteiger partial charge in [-0.3, -0.25) is 0 Å². The number of rotatable bonds is 4. The molecular weight excluding hydrogens is 322 g/mol. The molecule has 1 atom stereocenters. The third-order valence-electron chi connectivity index (χ3n) is 3.11. The van der Waals surface area contributed by atoms with E-state index in [2.05, 4.69) is 37.3 Å². The Kier molecular flexibility index (Phi) is 3.73. The lowest BCUT2D eigenvalue weighted by Crippen LogP contribution is -2.24. The van der Waals surface area contributed by atoms with Crippen LogP contribution in [0.1, 0.15) is 5.56 Å². The van der Waals surface area contributed by atoms with Crippen LogP contribution in [0.15, 0.2) is 34.9 Å². The van der Waals surface area contributed by atoms with Crippen molar-refractivity contribution in [1.82, 2.24) is 9.97 Å². The first kappa shape index (κ1) is 13.2. The van der Waals surface area contributed by atoms with Crippen LogP contribution < -0.4 is 14.8 Å². The smallest absolute Gasteiger partial charge is 0.232 e. The molecular formula is C14H14BrN3O2. The third kappa shape index (κ3) is 2.70. The summed E-state index contributed by atoms with van der Waals surface area (Å²) in [4.78, 5) is 8.45. The SMILES string of the molecule is COc1nc(NCC2Cc3ccccc3O2)ncc1Br. The van der Waals surface area contributed by atoms with Gasteiger partial charge in [0.2, 0.25) is 11.8 Å². The maximum absolute atomic E-state index is 5.85. The second kappa shape index (κ2) is 5.66. The van der Waals surface area contributed by atoms with Crippen molar-refractivity contribution in [3.63, 3.8) is 0 Å². The number of methoxy groups -OCH3 is 1. The second-order valence-electron chi connectivity index (χ2n) is 4.48. The number of hydrogen-bond donors (Lipinski definition) is 1. The standard InChI is InChI=1S/C14H14BrN3O2/c1-19-13-11(15)8-17-14(18-13)16-7-10-6-9-4-2-3-5-12(9)20-10/h2-5,8,10H,6-7H2,1H3,(H,16,17,18). The average molecular weight is 336 g/mol. The van der Waals surface area contributed by atoms with Crippen LogP contribution in [-0.2, 0) is 6.42 Å². The maximum atomic E-state index is 5.85. The zero-order chi connectivity index (χ0) is 13.9. The van der Waals surface area contributed by atoms with Gasteiger partial charge in [0.1, 0.15) is 11.9 Å². The van der Waals surface area contributed by atoms with Crippen molar-refractivity contribution in [1.29, 1.82) is 0 Å². The van der Waals surface area contributed by atoms with Crippen molar-refractivity contribution in [2.45, 2.75) is 12.5 Å². The third-order valence-corrected chi connectivity index (χ3v) is 3.65. The van der Waals surface area contributed by atoms with E-state index < -0.39 is 0 Å². The minimum absolute atomic E-state index is 0.102. The molecule has 0 bridgehead atoms. The van der Waals surface area contributed by atoms with Crippen LogP contribution in [0.2, 0.25) is 0 Å². The van der Waals surface area contributed by atoms with Gasteiger partial charge in [-0.2, -0.15) is 4.98 Å². The molecule has 0 aliphatic carbocycles. The molecule has 2 aromatic rings. The van der Waals surface area contributed by atoms with E-state index in [1.54, 1.807) is 13.3 Å². The normalized spacial score (nSPS) is 16.4. The fourth-order valence-corrected chi connectivity index (χ4v) is 2.51. The lowest BCUT2D eigenvalue weighted by molar-refractivity contribution is 0.246. The number of nitrogens with one attached hydrogen (secondary N) is 1. The first-order chi connectivity index (χ1) is 9.76. The van der Waals surface area contributed by atoms with Crippen LogP contribution in [0.4, 0.5) is 5.95 Å². The van der Waals surface area contributed by atoms with Crippen molar-refractivity contribution in [2.24, 2.45) is 0 Å². The van der Waals surface area contributed by atoms with E-state index in [1.165, 1.54) is 5.56 Å². The van der Waals surface area contributed by atoms with Crippen LogP contribution in [0, 0.1) is 0 Å². The maximum Gasteiger partial charge on any atom is 0.232 e. The van der Waals surface area contributed by atoms with Crippen molar-refractivity contribution >= 4 is 21.9 Å². The molecule has 5 nitrogen and oxygen atoms in total. The van der Waals surface area contributed by atoms with E-state index in [0.717, 1.165) is 16.6 Å². The van der Waals surface area contributed by atoms with Gasteiger partial charge in [0.25, 0.3) is 0 Å². The highest BCUT2D eigenvalue weighted by Gasteiger charge is 2.22. The molecule has 1 N–H and O–H groups in total. The Bertz CT molecular complexity index is 596. The van der Waals surface area contributed by atoms with Gasteiger partial charge in [0.05, 0.1) is 24.3 Å².